The van der Waals surface area contributed by atoms with Crippen LogP contribution in [0.3, 0.4) is 0 Å². The Balaban J connectivity index is 2.03. The van der Waals surface area contributed by atoms with Gasteiger partial charge in [0.25, 0.3) is 11.8 Å². The molecule has 1 N–H and O–H groups in total. The number of hydrogen-bond acceptors (Lipinski definition) is 5. The highest BCUT2D eigenvalue weighted by atomic mass is 32.2. The summed E-state index contributed by atoms with van der Waals surface area (Å²) in [4.78, 5) is 24.6. The van der Waals surface area contributed by atoms with E-state index in [1.54, 1.807) is 18.2 Å². The summed E-state index contributed by atoms with van der Waals surface area (Å²) in [6.45, 7) is 0.490. The fraction of sp³-hybridized carbons (Fsp3) is 0.385. The lowest BCUT2D eigenvalue weighted by molar-refractivity contribution is 0.0693. The molecule has 1 aliphatic heterocycles. The molecule has 0 atom stereocenters. The van der Waals surface area contributed by atoms with Gasteiger partial charge in [0.15, 0.2) is 0 Å². The van der Waals surface area contributed by atoms with Crippen LogP contribution in [0.15, 0.2) is 18.2 Å². The molecule has 1 aromatic rings. The van der Waals surface area contributed by atoms with Crippen LogP contribution in [0.25, 0.3) is 0 Å². The molecule has 0 radical (unpaired) electrons. The van der Waals surface area contributed by atoms with Gasteiger partial charge in [-0.1, -0.05) is 0 Å². The van der Waals surface area contributed by atoms with E-state index in [0.717, 1.165) is 4.90 Å². The summed E-state index contributed by atoms with van der Waals surface area (Å²) in [5, 5.41) is 3.05. The molecule has 0 fully saturated rings. The Morgan fingerprint density at radius 2 is 1.80 bits per heavy atom. The molecule has 20 heavy (non-hydrogen) atoms. The number of hydrogen-bond donors (Lipinski definition) is 1. The molecule has 0 saturated carbocycles. The Morgan fingerprint density at radius 3 is 2.45 bits per heavy atom. The molecular weight excluding hydrogens is 280 g/mol. The zero-order chi connectivity index (χ0) is 14.9. The first-order valence-electron chi connectivity index (χ1n) is 6.17. The Kier molecular flexibility index (Phi) is 3.80. The zero-order valence-electron chi connectivity index (χ0n) is 11.3. The number of imide groups is 1. The van der Waals surface area contributed by atoms with Gasteiger partial charge in [-0.3, -0.25) is 14.5 Å². The molecule has 0 unspecified atom stereocenters. The van der Waals surface area contributed by atoms with Crippen LogP contribution in [0.1, 0.15) is 27.1 Å². The van der Waals surface area contributed by atoms with Gasteiger partial charge >= 0.3 is 0 Å². The molecule has 0 spiro atoms. The second kappa shape index (κ2) is 5.24. The lowest BCUT2D eigenvalue weighted by Crippen LogP contribution is -2.24. The van der Waals surface area contributed by atoms with Crippen molar-refractivity contribution in [3.8, 4) is 0 Å². The summed E-state index contributed by atoms with van der Waals surface area (Å²) in [6, 6.07) is 4.95. The number of rotatable bonds is 5. The number of sulfone groups is 1. The molecular formula is C13H16N2O4S. The van der Waals surface area contributed by atoms with Gasteiger partial charge in [0.05, 0.1) is 16.9 Å². The van der Waals surface area contributed by atoms with Crippen LogP contribution < -0.4 is 5.32 Å². The van der Waals surface area contributed by atoms with Gasteiger partial charge in [-0.15, -0.1) is 0 Å². The van der Waals surface area contributed by atoms with E-state index >= 15 is 0 Å². The highest BCUT2D eigenvalue weighted by Gasteiger charge is 2.32. The first kappa shape index (κ1) is 14.5. The molecule has 108 valence electrons. The maximum atomic E-state index is 11.8. The van der Waals surface area contributed by atoms with Crippen molar-refractivity contribution in [1.29, 1.82) is 0 Å². The second-order valence-corrected chi connectivity index (χ2v) is 7.10. The van der Waals surface area contributed by atoms with E-state index in [9.17, 15) is 18.0 Å². The van der Waals surface area contributed by atoms with Gasteiger partial charge in [0, 0.05) is 25.5 Å². The van der Waals surface area contributed by atoms with E-state index in [1.165, 1.54) is 13.3 Å². The van der Waals surface area contributed by atoms with E-state index in [0.29, 0.717) is 29.8 Å². The Labute approximate surface area is 117 Å². The van der Waals surface area contributed by atoms with Crippen molar-refractivity contribution in [2.45, 2.75) is 6.42 Å². The van der Waals surface area contributed by atoms with Crippen molar-refractivity contribution in [2.75, 3.05) is 30.9 Å². The smallest absolute Gasteiger partial charge is 0.261 e. The quantitative estimate of drug-likeness (QED) is 0.640. The standard InChI is InChI=1S/C13H16N2O4S/c1-15-12(16)10-5-4-9(8-11(10)13(15)17)14-6-3-7-20(2,18)19/h4-5,8,14H,3,6-7H2,1-2H3. The van der Waals surface area contributed by atoms with Gasteiger partial charge in [-0.05, 0) is 24.6 Å². The average molecular weight is 296 g/mol. The van der Waals surface area contributed by atoms with E-state index in [2.05, 4.69) is 5.32 Å². The van der Waals surface area contributed by atoms with Gasteiger partial charge < -0.3 is 5.32 Å². The summed E-state index contributed by atoms with van der Waals surface area (Å²) in [5.74, 6) is -0.496. The minimum atomic E-state index is -2.96. The summed E-state index contributed by atoms with van der Waals surface area (Å²) in [7, 11) is -1.51. The van der Waals surface area contributed by atoms with E-state index in [4.69, 9.17) is 0 Å². The monoisotopic (exact) mass is 296 g/mol. The van der Waals surface area contributed by atoms with E-state index in [1.807, 2.05) is 0 Å². The van der Waals surface area contributed by atoms with Crippen LogP contribution in [0.5, 0.6) is 0 Å². The predicted octanol–water partition coefficient (Wildman–Crippen LogP) is 0.759. The number of fused-ring (bicyclic) bond motifs is 1. The maximum absolute atomic E-state index is 11.8. The largest absolute Gasteiger partial charge is 0.385 e. The molecule has 2 amide bonds. The highest BCUT2D eigenvalue weighted by Crippen LogP contribution is 2.24. The SMILES string of the molecule is CN1C(=O)c2ccc(NCCCS(C)(=O)=O)cc2C1=O. The van der Waals surface area contributed by atoms with Crippen LogP contribution >= 0.6 is 0 Å². The first-order chi connectivity index (χ1) is 9.29. The summed E-state index contributed by atoms with van der Waals surface area (Å²) in [6.07, 6.45) is 1.69. The van der Waals surface area contributed by atoms with Crippen LogP contribution in [-0.2, 0) is 9.84 Å². The highest BCUT2D eigenvalue weighted by molar-refractivity contribution is 7.90. The maximum Gasteiger partial charge on any atom is 0.261 e. The van der Waals surface area contributed by atoms with Gasteiger partial charge in [-0.2, -0.15) is 0 Å². The molecule has 6 nitrogen and oxygen atoms in total. The minimum absolute atomic E-state index is 0.116. The van der Waals surface area contributed by atoms with Crippen molar-refractivity contribution in [3.63, 3.8) is 0 Å². The van der Waals surface area contributed by atoms with Gasteiger partial charge in [-0.25, -0.2) is 8.42 Å². The van der Waals surface area contributed by atoms with Crippen LogP contribution in [-0.4, -0.2) is 50.7 Å². The number of nitrogens with zero attached hydrogens (tertiary/aromatic N) is 1. The fourth-order valence-electron chi connectivity index (χ4n) is 2.04. The molecule has 1 aromatic carbocycles. The third-order valence-electron chi connectivity index (χ3n) is 3.11. The predicted molar refractivity (Wildman–Crippen MR) is 75.7 cm³/mol. The molecule has 0 bridgehead atoms. The minimum Gasteiger partial charge on any atom is -0.385 e. The van der Waals surface area contributed by atoms with Gasteiger partial charge in [0.2, 0.25) is 0 Å². The van der Waals surface area contributed by atoms with Crippen LogP contribution in [0.4, 0.5) is 5.69 Å². The molecule has 7 heteroatoms. The van der Waals surface area contributed by atoms with Crippen LogP contribution in [0.2, 0.25) is 0 Å². The van der Waals surface area contributed by atoms with Crippen molar-refractivity contribution < 1.29 is 18.0 Å². The van der Waals surface area contributed by atoms with Gasteiger partial charge in [0.1, 0.15) is 9.84 Å². The number of carbonyl (C=O) groups excluding carboxylic acids is 2. The van der Waals surface area contributed by atoms with Crippen molar-refractivity contribution in [3.05, 3.63) is 29.3 Å². The van der Waals surface area contributed by atoms with E-state index in [-0.39, 0.29) is 17.6 Å². The molecule has 0 saturated heterocycles. The molecule has 1 aliphatic rings. The third kappa shape index (κ3) is 2.98. The summed E-state index contributed by atoms with van der Waals surface area (Å²) in [5.41, 5.74) is 1.48. The normalized spacial score (nSPS) is 14.6. The number of carbonyl (C=O) groups is 2. The second-order valence-electron chi connectivity index (χ2n) is 4.84. The average Bonchev–Trinajstić information content (AvgIpc) is 2.59. The topological polar surface area (TPSA) is 83.6 Å². The molecule has 0 aromatic heterocycles. The first-order valence-corrected chi connectivity index (χ1v) is 8.24. The summed E-state index contributed by atoms with van der Waals surface area (Å²) >= 11 is 0. The van der Waals surface area contributed by atoms with E-state index < -0.39 is 9.84 Å². The Hall–Kier alpha value is -1.89. The lowest BCUT2D eigenvalue weighted by Gasteiger charge is -2.06. The number of benzene rings is 1. The number of nitrogens with one attached hydrogen (secondary N) is 1. The lowest BCUT2D eigenvalue weighted by atomic mass is 10.1. The molecule has 0 aliphatic carbocycles. The zero-order valence-corrected chi connectivity index (χ0v) is 12.2. The van der Waals surface area contributed by atoms with Crippen molar-refractivity contribution in [2.24, 2.45) is 0 Å². The molecule has 2 rings (SSSR count). The fourth-order valence-corrected chi connectivity index (χ4v) is 2.71. The third-order valence-corrected chi connectivity index (χ3v) is 4.14. The van der Waals surface area contributed by atoms with Crippen molar-refractivity contribution >= 4 is 27.3 Å². The van der Waals surface area contributed by atoms with Crippen molar-refractivity contribution in [1.82, 2.24) is 4.90 Å². The molecule has 1 heterocycles. The Bertz CT molecular complexity index is 667. The number of amides is 2. The van der Waals surface area contributed by atoms with Crippen LogP contribution in [0, 0.1) is 0 Å². The summed E-state index contributed by atoms with van der Waals surface area (Å²) < 4.78 is 22.0. The Morgan fingerprint density at radius 1 is 1.15 bits per heavy atom. The number of anilines is 1.